The molecule has 25 heavy (non-hydrogen) atoms. The quantitative estimate of drug-likeness (QED) is 0.619. The van der Waals surface area contributed by atoms with E-state index in [1.165, 1.54) is 14.2 Å². The number of aromatic nitrogens is 1. The molecule has 0 aliphatic carbocycles. The number of halogens is 1. The van der Waals surface area contributed by atoms with Gasteiger partial charge in [0.1, 0.15) is 11.3 Å². The summed E-state index contributed by atoms with van der Waals surface area (Å²) in [6.45, 7) is 0.426. The number of hydrogen-bond donors (Lipinski definition) is 0. The van der Waals surface area contributed by atoms with Crippen molar-refractivity contribution in [3.8, 4) is 0 Å². The second kappa shape index (κ2) is 7.11. The highest BCUT2D eigenvalue weighted by Crippen LogP contribution is 2.31. The molecule has 0 saturated carbocycles. The zero-order chi connectivity index (χ0) is 18.0. The van der Waals surface area contributed by atoms with Gasteiger partial charge in [0.05, 0.1) is 19.7 Å². The first-order valence-corrected chi connectivity index (χ1v) is 8.38. The van der Waals surface area contributed by atoms with Crippen LogP contribution < -0.4 is 0 Å². The maximum atomic E-state index is 12.5. The van der Waals surface area contributed by atoms with E-state index in [9.17, 15) is 9.59 Å². The van der Waals surface area contributed by atoms with Crippen LogP contribution in [0.3, 0.4) is 0 Å². The van der Waals surface area contributed by atoms with Crippen LogP contribution in [0.25, 0.3) is 10.9 Å². The number of methoxy groups -OCH3 is 2. The minimum absolute atomic E-state index is 0.186. The summed E-state index contributed by atoms with van der Waals surface area (Å²) in [6.07, 6.45) is 0. The summed E-state index contributed by atoms with van der Waals surface area (Å²) in [5.41, 5.74) is 2.15. The number of esters is 2. The van der Waals surface area contributed by atoms with Crippen LogP contribution in [0.1, 0.15) is 26.4 Å². The molecule has 0 aliphatic heterocycles. The fraction of sp³-hybridized carbons (Fsp3) is 0.158. The molecule has 0 saturated heterocycles. The summed E-state index contributed by atoms with van der Waals surface area (Å²) < 4.78 is 12.5. The first-order valence-electron chi connectivity index (χ1n) is 7.59. The van der Waals surface area contributed by atoms with E-state index in [-0.39, 0.29) is 11.3 Å². The lowest BCUT2D eigenvalue weighted by molar-refractivity contribution is 0.0549. The van der Waals surface area contributed by atoms with Crippen molar-refractivity contribution >= 4 is 38.8 Å². The summed E-state index contributed by atoms with van der Waals surface area (Å²) in [6, 6.07) is 15.2. The molecule has 0 fully saturated rings. The fourth-order valence-electron chi connectivity index (χ4n) is 2.87. The average Bonchev–Trinajstić information content (AvgIpc) is 2.94. The van der Waals surface area contributed by atoms with Crippen molar-refractivity contribution in [2.45, 2.75) is 6.54 Å². The van der Waals surface area contributed by atoms with Crippen LogP contribution >= 0.6 is 15.9 Å². The van der Waals surface area contributed by atoms with Gasteiger partial charge in [0.25, 0.3) is 0 Å². The third-order valence-electron chi connectivity index (χ3n) is 3.98. The fourth-order valence-corrected chi connectivity index (χ4v) is 3.22. The molecular weight excluding hydrogens is 386 g/mol. The van der Waals surface area contributed by atoms with Crippen LogP contribution in [-0.4, -0.2) is 30.7 Å². The Morgan fingerprint density at radius 1 is 1.00 bits per heavy atom. The highest BCUT2D eigenvalue weighted by Gasteiger charge is 2.28. The first-order chi connectivity index (χ1) is 12.1. The predicted octanol–water partition coefficient (Wildman–Crippen LogP) is 4.03. The smallest absolute Gasteiger partial charge is 0.355 e. The minimum Gasteiger partial charge on any atom is -0.465 e. The van der Waals surface area contributed by atoms with E-state index in [1.807, 2.05) is 42.5 Å². The van der Waals surface area contributed by atoms with Crippen molar-refractivity contribution in [3.05, 3.63) is 69.8 Å². The molecule has 0 atom stereocenters. The molecule has 1 aromatic heterocycles. The normalized spacial score (nSPS) is 10.7. The van der Waals surface area contributed by atoms with Crippen molar-refractivity contribution in [2.75, 3.05) is 14.2 Å². The zero-order valence-electron chi connectivity index (χ0n) is 13.8. The van der Waals surface area contributed by atoms with Gasteiger partial charge in [0.15, 0.2) is 0 Å². The van der Waals surface area contributed by atoms with Crippen molar-refractivity contribution < 1.29 is 19.1 Å². The number of carbonyl (C=O) groups excluding carboxylic acids is 2. The summed E-state index contributed by atoms with van der Waals surface area (Å²) in [7, 11) is 2.59. The third kappa shape index (κ3) is 3.17. The van der Waals surface area contributed by atoms with E-state index in [0.29, 0.717) is 11.9 Å². The van der Waals surface area contributed by atoms with Crippen LogP contribution in [0.2, 0.25) is 0 Å². The van der Waals surface area contributed by atoms with Gasteiger partial charge in [-0.05, 0) is 17.7 Å². The van der Waals surface area contributed by atoms with Gasteiger partial charge < -0.3 is 14.0 Å². The van der Waals surface area contributed by atoms with E-state index >= 15 is 0 Å². The second-order valence-electron chi connectivity index (χ2n) is 5.44. The highest BCUT2D eigenvalue weighted by atomic mass is 79.9. The molecule has 0 spiro atoms. The Morgan fingerprint density at radius 2 is 1.68 bits per heavy atom. The van der Waals surface area contributed by atoms with Gasteiger partial charge in [0.2, 0.25) is 0 Å². The Morgan fingerprint density at radius 3 is 2.32 bits per heavy atom. The van der Waals surface area contributed by atoms with E-state index in [2.05, 4.69) is 15.9 Å². The monoisotopic (exact) mass is 401 g/mol. The van der Waals surface area contributed by atoms with Crippen LogP contribution in [0.15, 0.2) is 53.0 Å². The van der Waals surface area contributed by atoms with Crippen LogP contribution in [-0.2, 0) is 16.0 Å². The maximum absolute atomic E-state index is 12.5. The van der Waals surface area contributed by atoms with Gasteiger partial charge in [-0.2, -0.15) is 0 Å². The molecule has 128 valence electrons. The zero-order valence-corrected chi connectivity index (χ0v) is 15.4. The summed E-state index contributed by atoms with van der Waals surface area (Å²) >= 11 is 3.45. The van der Waals surface area contributed by atoms with E-state index in [0.717, 1.165) is 15.6 Å². The SMILES string of the molecule is COC(=O)c1c(C(=O)OC)n(Cc2ccccc2)c2cc(Br)ccc12. The Kier molecular flexibility index (Phi) is 4.90. The summed E-state index contributed by atoms with van der Waals surface area (Å²) in [5.74, 6) is -1.15. The lowest BCUT2D eigenvalue weighted by atomic mass is 10.1. The van der Waals surface area contributed by atoms with E-state index in [1.54, 1.807) is 10.6 Å². The maximum Gasteiger partial charge on any atom is 0.355 e. The Balaban J connectivity index is 2.33. The molecule has 3 rings (SSSR count). The molecule has 2 aromatic carbocycles. The van der Waals surface area contributed by atoms with E-state index in [4.69, 9.17) is 9.47 Å². The molecule has 0 unspecified atom stereocenters. The average molecular weight is 402 g/mol. The van der Waals surface area contributed by atoms with Gasteiger partial charge in [-0.15, -0.1) is 0 Å². The molecule has 0 amide bonds. The lowest BCUT2D eigenvalue weighted by Gasteiger charge is -2.10. The standard InChI is InChI=1S/C19H16BrNO4/c1-24-18(22)16-14-9-8-13(20)10-15(14)21(17(16)19(23)25-2)11-12-6-4-3-5-7-12/h3-10H,11H2,1-2H3. The summed E-state index contributed by atoms with van der Waals surface area (Å²) in [5, 5.41) is 0.645. The lowest BCUT2D eigenvalue weighted by Crippen LogP contribution is -2.16. The molecule has 0 radical (unpaired) electrons. The Hall–Kier alpha value is -2.60. The number of carbonyl (C=O) groups is 2. The van der Waals surface area contributed by atoms with Gasteiger partial charge >= 0.3 is 11.9 Å². The number of nitrogens with zero attached hydrogens (tertiary/aromatic N) is 1. The predicted molar refractivity (Wildman–Crippen MR) is 97.9 cm³/mol. The molecular formula is C19H16BrNO4. The number of hydrogen-bond acceptors (Lipinski definition) is 4. The highest BCUT2D eigenvalue weighted by molar-refractivity contribution is 9.10. The van der Waals surface area contributed by atoms with E-state index < -0.39 is 11.9 Å². The largest absolute Gasteiger partial charge is 0.465 e. The number of fused-ring (bicyclic) bond motifs is 1. The van der Waals surface area contributed by atoms with Gasteiger partial charge in [0, 0.05) is 16.4 Å². The molecule has 3 aromatic rings. The molecule has 0 aliphatic rings. The molecule has 5 nitrogen and oxygen atoms in total. The number of rotatable bonds is 4. The number of ether oxygens (including phenoxy) is 2. The Bertz CT molecular complexity index is 947. The number of benzene rings is 2. The Labute approximate surface area is 153 Å². The van der Waals surface area contributed by atoms with Gasteiger partial charge in [-0.3, -0.25) is 0 Å². The van der Waals surface area contributed by atoms with Gasteiger partial charge in [-0.1, -0.05) is 52.3 Å². The van der Waals surface area contributed by atoms with Crippen LogP contribution in [0, 0.1) is 0 Å². The first kappa shape index (κ1) is 17.2. The van der Waals surface area contributed by atoms with Gasteiger partial charge in [-0.25, -0.2) is 9.59 Å². The second-order valence-corrected chi connectivity index (χ2v) is 6.36. The molecule has 0 bridgehead atoms. The van der Waals surface area contributed by atoms with Crippen molar-refractivity contribution in [1.82, 2.24) is 4.57 Å². The summed E-state index contributed by atoms with van der Waals surface area (Å²) in [4.78, 5) is 24.8. The molecule has 0 N–H and O–H groups in total. The molecule has 1 heterocycles. The molecule has 6 heteroatoms. The topological polar surface area (TPSA) is 57.5 Å². The third-order valence-corrected chi connectivity index (χ3v) is 4.47. The van der Waals surface area contributed by atoms with Crippen LogP contribution in [0.5, 0.6) is 0 Å². The van der Waals surface area contributed by atoms with Crippen molar-refractivity contribution in [3.63, 3.8) is 0 Å². The minimum atomic E-state index is -0.580. The van der Waals surface area contributed by atoms with Crippen molar-refractivity contribution in [2.24, 2.45) is 0 Å². The van der Waals surface area contributed by atoms with Crippen LogP contribution in [0.4, 0.5) is 0 Å². The van der Waals surface area contributed by atoms with Crippen molar-refractivity contribution in [1.29, 1.82) is 0 Å².